The fourth-order valence-corrected chi connectivity index (χ4v) is 1.64. The minimum atomic E-state index is 0.482. The highest BCUT2D eigenvalue weighted by atomic mass is 15.2. The van der Waals surface area contributed by atoms with E-state index in [9.17, 15) is 0 Å². The molecule has 2 radical (unpaired) electrons. The van der Waals surface area contributed by atoms with Gasteiger partial charge in [0.15, 0.2) is 0 Å². The highest BCUT2D eigenvalue weighted by molar-refractivity contribution is 6.30. The molecule has 1 fully saturated rings. The van der Waals surface area contributed by atoms with Crippen molar-refractivity contribution in [3.05, 3.63) is 12.4 Å². The van der Waals surface area contributed by atoms with Gasteiger partial charge in [-0.2, -0.15) is 0 Å². The third-order valence-electron chi connectivity index (χ3n) is 2.41. The van der Waals surface area contributed by atoms with Gasteiger partial charge in [0, 0.05) is 24.9 Å². The minimum absolute atomic E-state index is 0.482. The Balaban J connectivity index is 2.13. The van der Waals surface area contributed by atoms with Crippen LogP contribution >= 0.6 is 0 Å². The average Bonchev–Trinajstić information content (AvgIpc) is 2.53. The van der Waals surface area contributed by atoms with E-state index in [0.717, 1.165) is 24.8 Å². The molecule has 0 bridgehead atoms. The Kier molecular flexibility index (Phi) is 2.21. The van der Waals surface area contributed by atoms with Crippen molar-refractivity contribution in [2.45, 2.75) is 13.3 Å². The Morgan fingerprint density at radius 1 is 1.46 bits per heavy atom. The lowest BCUT2D eigenvalue weighted by atomic mass is 10.1. The van der Waals surface area contributed by atoms with Crippen LogP contribution in [0.1, 0.15) is 13.3 Å². The molecule has 0 aliphatic carbocycles. The van der Waals surface area contributed by atoms with E-state index in [1.807, 2.05) is 0 Å². The maximum Gasteiger partial charge on any atom is 0.147 e. The minimum Gasteiger partial charge on any atom is -0.355 e. The van der Waals surface area contributed by atoms with Gasteiger partial charge in [-0.15, -0.1) is 0 Å². The van der Waals surface area contributed by atoms with Crippen molar-refractivity contribution in [1.82, 2.24) is 9.97 Å². The molecule has 2 heterocycles. The summed E-state index contributed by atoms with van der Waals surface area (Å²) in [5.41, 5.74) is 0.482. The fourth-order valence-electron chi connectivity index (χ4n) is 1.64. The molecule has 1 aliphatic heterocycles. The van der Waals surface area contributed by atoms with Crippen molar-refractivity contribution in [2.75, 3.05) is 18.0 Å². The maximum atomic E-state index is 5.46. The molecule has 0 amide bonds. The first-order valence-electron chi connectivity index (χ1n) is 4.58. The Bertz CT molecular complexity index is 285. The quantitative estimate of drug-likeness (QED) is 0.564. The summed E-state index contributed by atoms with van der Waals surface area (Å²) in [6.07, 6.45) is 4.59. The van der Waals surface area contributed by atoms with E-state index in [1.54, 1.807) is 12.4 Å². The third kappa shape index (κ3) is 1.82. The van der Waals surface area contributed by atoms with Crippen LogP contribution in [0, 0.1) is 5.92 Å². The van der Waals surface area contributed by atoms with Crippen LogP contribution in [0.2, 0.25) is 0 Å². The SMILES string of the molecule is [B]c1cnc(N2CCC(C)C2)cn1. The first-order chi connectivity index (χ1) is 6.25. The van der Waals surface area contributed by atoms with Gasteiger partial charge in [-0.05, 0) is 12.3 Å². The Morgan fingerprint density at radius 3 is 2.85 bits per heavy atom. The molecule has 1 unspecified atom stereocenters. The van der Waals surface area contributed by atoms with Crippen LogP contribution in [0.3, 0.4) is 0 Å². The zero-order valence-electron chi connectivity index (χ0n) is 7.77. The van der Waals surface area contributed by atoms with Crippen molar-refractivity contribution in [1.29, 1.82) is 0 Å². The molecule has 1 saturated heterocycles. The summed E-state index contributed by atoms with van der Waals surface area (Å²) in [5.74, 6) is 1.71. The molecule has 0 spiro atoms. The molecular formula is C9H12BN3. The smallest absolute Gasteiger partial charge is 0.147 e. The summed E-state index contributed by atoms with van der Waals surface area (Å²) in [4.78, 5) is 10.5. The number of rotatable bonds is 1. The highest BCUT2D eigenvalue weighted by Crippen LogP contribution is 2.19. The lowest BCUT2D eigenvalue weighted by Crippen LogP contribution is -2.22. The molecular weight excluding hydrogens is 161 g/mol. The van der Waals surface area contributed by atoms with Crippen LogP contribution in [0.4, 0.5) is 5.82 Å². The van der Waals surface area contributed by atoms with E-state index in [2.05, 4.69) is 21.8 Å². The van der Waals surface area contributed by atoms with Gasteiger partial charge in [0.2, 0.25) is 0 Å². The zero-order valence-corrected chi connectivity index (χ0v) is 7.77. The molecule has 0 aromatic carbocycles. The van der Waals surface area contributed by atoms with Gasteiger partial charge >= 0.3 is 0 Å². The second kappa shape index (κ2) is 3.36. The van der Waals surface area contributed by atoms with E-state index in [1.165, 1.54) is 6.42 Å². The van der Waals surface area contributed by atoms with Crippen molar-refractivity contribution < 1.29 is 0 Å². The largest absolute Gasteiger partial charge is 0.355 e. The van der Waals surface area contributed by atoms with Crippen LogP contribution in [-0.4, -0.2) is 30.9 Å². The number of aromatic nitrogens is 2. The van der Waals surface area contributed by atoms with Crippen LogP contribution in [0.15, 0.2) is 12.4 Å². The van der Waals surface area contributed by atoms with Crippen LogP contribution < -0.4 is 10.5 Å². The standard InChI is InChI=1S/C9H12BN3/c1-7-2-3-13(6-7)9-5-11-8(10)4-12-9/h4-5,7H,2-3,6H2,1H3. The molecule has 1 aromatic heterocycles. The van der Waals surface area contributed by atoms with Gasteiger partial charge in [0.1, 0.15) is 13.7 Å². The van der Waals surface area contributed by atoms with Gasteiger partial charge < -0.3 is 4.90 Å². The van der Waals surface area contributed by atoms with Gasteiger partial charge in [-0.1, -0.05) is 6.92 Å². The summed E-state index contributed by atoms with van der Waals surface area (Å²) >= 11 is 0. The van der Waals surface area contributed by atoms with Crippen LogP contribution in [-0.2, 0) is 0 Å². The Labute approximate surface area is 79.6 Å². The van der Waals surface area contributed by atoms with Crippen molar-refractivity contribution in [3.63, 3.8) is 0 Å². The average molecular weight is 173 g/mol. The Hall–Kier alpha value is -1.06. The Morgan fingerprint density at radius 2 is 2.31 bits per heavy atom. The summed E-state index contributed by atoms with van der Waals surface area (Å²) < 4.78 is 0. The topological polar surface area (TPSA) is 29.0 Å². The number of hydrogen-bond acceptors (Lipinski definition) is 3. The van der Waals surface area contributed by atoms with E-state index >= 15 is 0 Å². The van der Waals surface area contributed by atoms with Crippen molar-refractivity contribution in [2.24, 2.45) is 5.92 Å². The van der Waals surface area contributed by atoms with Gasteiger partial charge in [-0.25, -0.2) is 4.98 Å². The molecule has 2 rings (SSSR count). The number of hydrogen-bond donors (Lipinski definition) is 0. The predicted molar refractivity (Wildman–Crippen MR) is 53.4 cm³/mol. The molecule has 13 heavy (non-hydrogen) atoms. The second-order valence-corrected chi connectivity index (χ2v) is 3.64. The monoisotopic (exact) mass is 173 g/mol. The van der Waals surface area contributed by atoms with Crippen molar-refractivity contribution >= 4 is 19.3 Å². The van der Waals surface area contributed by atoms with Crippen molar-refractivity contribution in [3.8, 4) is 0 Å². The van der Waals surface area contributed by atoms with Crippen LogP contribution in [0.25, 0.3) is 0 Å². The fraction of sp³-hybridized carbons (Fsp3) is 0.556. The predicted octanol–water partition coefficient (Wildman–Crippen LogP) is 0.117. The maximum absolute atomic E-state index is 5.46. The normalized spacial score (nSPS) is 22.2. The van der Waals surface area contributed by atoms with Gasteiger partial charge in [0.25, 0.3) is 0 Å². The highest BCUT2D eigenvalue weighted by Gasteiger charge is 2.19. The molecule has 0 saturated carbocycles. The lowest BCUT2D eigenvalue weighted by Gasteiger charge is -2.15. The number of nitrogens with zero attached hydrogens (tertiary/aromatic N) is 3. The first-order valence-corrected chi connectivity index (χ1v) is 4.58. The van der Waals surface area contributed by atoms with Gasteiger partial charge in [-0.3, -0.25) is 4.98 Å². The third-order valence-corrected chi connectivity index (χ3v) is 2.41. The van der Waals surface area contributed by atoms with E-state index in [-0.39, 0.29) is 0 Å². The second-order valence-electron chi connectivity index (χ2n) is 3.64. The van der Waals surface area contributed by atoms with E-state index in [4.69, 9.17) is 7.85 Å². The molecule has 4 heteroatoms. The summed E-state index contributed by atoms with van der Waals surface area (Å²) in [5, 5.41) is 0. The first kappa shape index (κ1) is 8.54. The summed E-state index contributed by atoms with van der Waals surface area (Å²) in [6.45, 7) is 4.42. The van der Waals surface area contributed by atoms with E-state index in [0.29, 0.717) is 5.59 Å². The van der Waals surface area contributed by atoms with E-state index < -0.39 is 0 Å². The molecule has 66 valence electrons. The number of anilines is 1. The molecule has 1 aromatic rings. The molecule has 3 nitrogen and oxygen atoms in total. The zero-order chi connectivity index (χ0) is 9.26. The van der Waals surface area contributed by atoms with Crippen LogP contribution in [0.5, 0.6) is 0 Å². The summed E-state index contributed by atoms with van der Waals surface area (Å²) in [6, 6.07) is 0. The molecule has 0 N–H and O–H groups in total. The molecule has 1 atom stereocenters. The summed E-state index contributed by atoms with van der Waals surface area (Å²) in [7, 11) is 5.46. The lowest BCUT2D eigenvalue weighted by molar-refractivity contribution is 0.659. The molecule has 1 aliphatic rings. The van der Waals surface area contributed by atoms with Gasteiger partial charge in [0.05, 0.1) is 6.20 Å².